The molecule has 124 valence electrons. The Balaban J connectivity index is 0.00000182. The number of carbonyl (C=O) groups is 1. The minimum absolute atomic E-state index is 0. The number of benzene rings is 2. The highest BCUT2D eigenvalue weighted by Crippen LogP contribution is 2.11. The van der Waals surface area contributed by atoms with Crippen molar-refractivity contribution in [2.45, 2.75) is 6.54 Å². The van der Waals surface area contributed by atoms with Gasteiger partial charge in [-0.25, -0.2) is 0 Å². The average molecular weight is 395 g/mol. The van der Waals surface area contributed by atoms with Crippen molar-refractivity contribution in [2.24, 2.45) is 0 Å². The largest absolute Gasteiger partial charge is 1.00 e. The molecule has 25 heavy (non-hydrogen) atoms. The first kappa shape index (κ1) is 17.0. The third kappa shape index (κ3) is 3.49. The molecular formula is C19H15BrN4O. The van der Waals surface area contributed by atoms with E-state index in [-0.39, 0.29) is 22.9 Å². The summed E-state index contributed by atoms with van der Waals surface area (Å²) < 4.78 is 3.33. The summed E-state index contributed by atoms with van der Waals surface area (Å²) in [6, 6.07) is 21.2. The third-order valence-corrected chi connectivity index (χ3v) is 3.86. The summed E-state index contributed by atoms with van der Waals surface area (Å²) >= 11 is 0. The Bertz CT molecular complexity index is 1010. The number of rotatable bonds is 3. The van der Waals surface area contributed by atoms with Crippen molar-refractivity contribution in [3.8, 4) is 0 Å². The summed E-state index contributed by atoms with van der Waals surface area (Å²) in [6.45, 7) is 0.708. The van der Waals surface area contributed by atoms with E-state index in [4.69, 9.17) is 0 Å². The molecule has 6 heteroatoms. The van der Waals surface area contributed by atoms with Crippen molar-refractivity contribution in [2.75, 3.05) is 0 Å². The van der Waals surface area contributed by atoms with Crippen molar-refractivity contribution >= 4 is 16.9 Å². The molecule has 5 nitrogen and oxygen atoms in total. The quantitative estimate of drug-likeness (QED) is 0.438. The zero-order valence-electron chi connectivity index (χ0n) is 13.3. The molecule has 0 N–H and O–H groups in total. The number of carbonyl (C=O) groups excluding carboxylic acids is 1. The van der Waals surface area contributed by atoms with Gasteiger partial charge < -0.3 is 17.0 Å². The van der Waals surface area contributed by atoms with Crippen LogP contribution in [0.25, 0.3) is 11.0 Å². The molecule has 2 aromatic heterocycles. The molecule has 0 aliphatic rings. The van der Waals surface area contributed by atoms with Gasteiger partial charge in [-0.1, -0.05) is 47.7 Å². The molecule has 0 amide bonds. The number of pyridine rings is 1. The molecular weight excluding hydrogens is 380 g/mol. The molecule has 0 aliphatic heterocycles. The van der Waals surface area contributed by atoms with Gasteiger partial charge in [-0.2, -0.15) is 9.25 Å². The molecule has 0 saturated heterocycles. The lowest BCUT2D eigenvalue weighted by molar-refractivity contribution is -0.688. The van der Waals surface area contributed by atoms with Crippen LogP contribution in [-0.4, -0.2) is 20.9 Å². The first-order valence-electron chi connectivity index (χ1n) is 7.69. The Morgan fingerprint density at radius 3 is 2.56 bits per heavy atom. The van der Waals surface area contributed by atoms with E-state index in [1.165, 1.54) is 10.2 Å². The van der Waals surface area contributed by atoms with Crippen LogP contribution in [0.1, 0.15) is 15.9 Å². The zero-order chi connectivity index (χ0) is 16.4. The SMILES string of the molecule is O=C(c1ccc[n+](Cc2ccccc2)c1)n1nnc2ccccc21.[Br-]. The van der Waals surface area contributed by atoms with E-state index in [1.807, 2.05) is 65.5 Å². The lowest BCUT2D eigenvalue weighted by atomic mass is 10.2. The smallest absolute Gasteiger partial charge is 0.286 e. The highest BCUT2D eigenvalue weighted by Gasteiger charge is 2.17. The predicted octanol–water partition coefficient (Wildman–Crippen LogP) is -0.540. The van der Waals surface area contributed by atoms with Gasteiger partial charge in [0.1, 0.15) is 11.1 Å². The Hall–Kier alpha value is -2.86. The van der Waals surface area contributed by atoms with E-state index in [9.17, 15) is 4.79 Å². The second-order valence-electron chi connectivity index (χ2n) is 5.55. The summed E-state index contributed by atoms with van der Waals surface area (Å²) in [4.78, 5) is 12.8. The number of para-hydroxylation sites is 1. The average Bonchev–Trinajstić information content (AvgIpc) is 3.06. The Morgan fingerprint density at radius 2 is 1.72 bits per heavy atom. The second-order valence-corrected chi connectivity index (χ2v) is 5.55. The lowest BCUT2D eigenvalue weighted by Crippen LogP contribution is -3.00. The first-order chi connectivity index (χ1) is 11.8. The van der Waals surface area contributed by atoms with E-state index in [0.717, 1.165) is 0 Å². The van der Waals surface area contributed by atoms with Gasteiger partial charge in [0.2, 0.25) is 0 Å². The fourth-order valence-electron chi connectivity index (χ4n) is 2.68. The van der Waals surface area contributed by atoms with Crippen LogP contribution in [0.15, 0.2) is 79.1 Å². The maximum Gasteiger partial charge on any atom is 0.286 e. The third-order valence-electron chi connectivity index (χ3n) is 3.86. The van der Waals surface area contributed by atoms with E-state index >= 15 is 0 Å². The fourth-order valence-corrected chi connectivity index (χ4v) is 2.68. The van der Waals surface area contributed by atoms with Crippen molar-refractivity contribution in [3.63, 3.8) is 0 Å². The Labute approximate surface area is 155 Å². The molecule has 0 saturated carbocycles. The molecule has 4 rings (SSSR count). The summed E-state index contributed by atoms with van der Waals surface area (Å²) in [5.41, 5.74) is 3.17. The van der Waals surface area contributed by atoms with Crippen LogP contribution in [0.2, 0.25) is 0 Å². The second kappa shape index (κ2) is 7.36. The maximum absolute atomic E-state index is 12.8. The zero-order valence-corrected chi connectivity index (χ0v) is 14.9. The molecule has 0 atom stereocenters. The van der Waals surface area contributed by atoms with Gasteiger partial charge in [-0.15, -0.1) is 5.10 Å². The molecule has 4 aromatic rings. The van der Waals surface area contributed by atoms with E-state index in [1.54, 1.807) is 6.07 Å². The van der Waals surface area contributed by atoms with E-state index < -0.39 is 0 Å². The van der Waals surface area contributed by atoms with Gasteiger partial charge >= 0.3 is 0 Å². The molecule has 0 unspecified atom stereocenters. The summed E-state index contributed by atoms with van der Waals surface area (Å²) in [6.07, 6.45) is 3.79. The number of halogens is 1. The van der Waals surface area contributed by atoms with Gasteiger partial charge in [-0.05, 0) is 18.2 Å². The van der Waals surface area contributed by atoms with E-state index in [2.05, 4.69) is 22.4 Å². The number of fused-ring (bicyclic) bond motifs is 1. The van der Waals surface area contributed by atoms with Crippen molar-refractivity contribution in [3.05, 3.63) is 90.3 Å². The maximum atomic E-state index is 12.8. The molecule has 0 fully saturated rings. The number of aromatic nitrogens is 4. The summed E-state index contributed by atoms with van der Waals surface area (Å²) in [5.74, 6) is -0.189. The van der Waals surface area contributed by atoms with Gasteiger partial charge in [0.15, 0.2) is 18.9 Å². The van der Waals surface area contributed by atoms with Crippen LogP contribution in [0.5, 0.6) is 0 Å². The minimum Gasteiger partial charge on any atom is -1.00 e. The van der Waals surface area contributed by atoms with Crippen LogP contribution in [0.4, 0.5) is 0 Å². The molecule has 0 radical (unpaired) electrons. The van der Waals surface area contributed by atoms with Crippen LogP contribution in [0, 0.1) is 0 Å². The van der Waals surface area contributed by atoms with Gasteiger partial charge in [0.25, 0.3) is 5.91 Å². The topological polar surface area (TPSA) is 51.7 Å². The molecule has 2 aromatic carbocycles. The molecule has 0 aliphatic carbocycles. The van der Waals surface area contributed by atoms with Crippen LogP contribution in [0.3, 0.4) is 0 Å². The number of hydrogen-bond acceptors (Lipinski definition) is 3. The summed E-state index contributed by atoms with van der Waals surface area (Å²) in [7, 11) is 0. The first-order valence-corrected chi connectivity index (χ1v) is 7.69. The number of hydrogen-bond donors (Lipinski definition) is 0. The van der Waals surface area contributed by atoms with Gasteiger partial charge in [0.05, 0.1) is 5.52 Å². The summed E-state index contributed by atoms with van der Waals surface area (Å²) in [5, 5.41) is 8.03. The molecule has 2 heterocycles. The van der Waals surface area contributed by atoms with E-state index in [0.29, 0.717) is 23.1 Å². The fraction of sp³-hybridized carbons (Fsp3) is 0.0526. The van der Waals surface area contributed by atoms with Gasteiger partial charge in [0, 0.05) is 11.6 Å². The van der Waals surface area contributed by atoms with Crippen molar-refractivity contribution < 1.29 is 26.3 Å². The van der Waals surface area contributed by atoms with Crippen molar-refractivity contribution in [1.29, 1.82) is 0 Å². The number of nitrogens with zero attached hydrogens (tertiary/aromatic N) is 4. The highest BCUT2D eigenvalue weighted by atomic mass is 79.9. The normalized spacial score (nSPS) is 10.4. The minimum atomic E-state index is -0.189. The lowest BCUT2D eigenvalue weighted by Gasteiger charge is -2.02. The standard InChI is InChI=1S/C19H15N4O.BrH/c24-19(23-18-11-5-4-10-17(18)20-21-23)16-9-6-12-22(14-16)13-15-7-2-1-3-8-15;/h1-12,14H,13H2;1H/q+1;/p-1. The molecule has 0 spiro atoms. The monoisotopic (exact) mass is 394 g/mol. The Kier molecular flexibility index (Phi) is 5.00. The highest BCUT2D eigenvalue weighted by molar-refractivity contribution is 5.99. The van der Waals surface area contributed by atoms with Crippen LogP contribution < -0.4 is 21.5 Å². The predicted molar refractivity (Wildman–Crippen MR) is 89.4 cm³/mol. The molecule has 0 bridgehead atoms. The van der Waals surface area contributed by atoms with Crippen LogP contribution in [-0.2, 0) is 6.54 Å². The van der Waals surface area contributed by atoms with Crippen molar-refractivity contribution in [1.82, 2.24) is 15.0 Å². The van der Waals surface area contributed by atoms with Crippen LogP contribution >= 0.6 is 0 Å². The Morgan fingerprint density at radius 1 is 0.960 bits per heavy atom. The van der Waals surface area contributed by atoms with Gasteiger partial charge in [-0.3, -0.25) is 4.79 Å².